The molecule has 7 heteroatoms. The Morgan fingerprint density at radius 1 is 1.12 bits per heavy atom. The molecular weight excluding hydrogens is 367 g/mol. The van der Waals surface area contributed by atoms with Crippen LogP contribution in [0.3, 0.4) is 0 Å². The summed E-state index contributed by atoms with van der Waals surface area (Å²) in [5, 5.41) is 3.82. The Labute approximate surface area is 154 Å². The number of benzene rings is 2. The van der Waals surface area contributed by atoms with E-state index in [0.717, 1.165) is 15.5 Å². The van der Waals surface area contributed by atoms with Crippen molar-refractivity contribution in [1.82, 2.24) is 0 Å². The third kappa shape index (κ3) is 3.38. The first-order valence-corrected chi connectivity index (χ1v) is 9.20. The van der Waals surface area contributed by atoms with Gasteiger partial charge >= 0.3 is 0 Å². The van der Waals surface area contributed by atoms with Crippen molar-refractivity contribution in [2.75, 3.05) is 16.5 Å². The van der Waals surface area contributed by atoms with Gasteiger partial charge < -0.3 is 5.32 Å². The molecule has 0 spiro atoms. The van der Waals surface area contributed by atoms with Gasteiger partial charge in [-0.3, -0.25) is 9.59 Å². The molecule has 1 fully saturated rings. The number of carbonyl (C=O) groups excluding carboxylic acids is 2. The predicted molar refractivity (Wildman–Crippen MR) is 99.2 cm³/mol. The van der Waals surface area contributed by atoms with Crippen LogP contribution >= 0.6 is 35.0 Å². The summed E-state index contributed by atoms with van der Waals surface area (Å²) in [6.45, 7) is 0. The number of anilines is 2. The monoisotopic (exact) mass is 380 g/mol. The predicted octanol–water partition coefficient (Wildman–Crippen LogP) is 4.46. The Bertz CT molecular complexity index is 813. The maximum Gasteiger partial charge on any atom is 0.256 e. The van der Waals surface area contributed by atoms with Crippen molar-refractivity contribution < 1.29 is 9.59 Å². The van der Waals surface area contributed by atoms with Crippen LogP contribution in [-0.4, -0.2) is 24.1 Å². The Morgan fingerprint density at radius 3 is 2.62 bits per heavy atom. The third-order valence-corrected chi connectivity index (χ3v) is 5.18. The fourth-order valence-corrected chi connectivity index (χ4v) is 3.31. The van der Waals surface area contributed by atoms with Crippen molar-refractivity contribution in [3.05, 3.63) is 52.5 Å². The number of amides is 2. The van der Waals surface area contributed by atoms with Crippen LogP contribution in [0.2, 0.25) is 10.0 Å². The first-order valence-electron chi connectivity index (χ1n) is 7.22. The van der Waals surface area contributed by atoms with E-state index < -0.39 is 6.04 Å². The van der Waals surface area contributed by atoms with E-state index in [2.05, 4.69) is 5.32 Å². The van der Waals surface area contributed by atoms with Gasteiger partial charge in [0.2, 0.25) is 5.91 Å². The minimum absolute atomic E-state index is 0.0998. The lowest BCUT2D eigenvalue weighted by Gasteiger charge is -2.17. The first-order chi connectivity index (χ1) is 11.5. The molecule has 1 atom stereocenters. The van der Waals surface area contributed by atoms with Crippen LogP contribution < -0.4 is 10.2 Å². The number of hydrogen-bond acceptors (Lipinski definition) is 4. The number of rotatable bonds is 4. The smallest absolute Gasteiger partial charge is 0.256 e. The second-order valence-corrected chi connectivity index (χ2v) is 6.99. The Morgan fingerprint density at radius 2 is 1.92 bits per heavy atom. The van der Waals surface area contributed by atoms with E-state index in [9.17, 15) is 9.59 Å². The van der Waals surface area contributed by atoms with Crippen LogP contribution in [0.15, 0.2) is 47.4 Å². The maximum absolute atomic E-state index is 12.6. The van der Waals surface area contributed by atoms with Gasteiger partial charge in [0.25, 0.3) is 5.91 Å². The highest BCUT2D eigenvalue weighted by Gasteiger charge is 2.39. The van der Waals surface area contributed by atoms with Gasteiger partial charge in [-0.2, -0.15) is 0 Å². The summed E-state index contributed by atoms with van der Waals surface area (Å²) in [4.78, 5) is 27.2. The van der Waals surface area contributed by atoms with E-state index in [-0.39, 0.29) is 18.2 Å². The molecule has 0 saturated carbocycles. The molecule has 0 aromatic heterocycles. The van der Waals surface area contributed by atoms with E-state index in [1.807, 2.05) is 30.5 Å². The second-order valence-electron chi connectivity index (χ2n) is 5.30. The highest BCUT2D eigenvalue weighted by Crippen LogP contribution is 2.31. The quantitative estimate of drug-likeness (QED) is 0.628. The summed E-state index contributed by atoms with van der Waals surface area (Å²) >= 11 is 13.5. The van der Waals surface area contributed by atoms with Crippen molar-refractivity contribution in [3.8, 4) is 0 Å². The second kappa shape index (κ2) is 7.05. The average molecular weight is 381 g/mol. The van der Waals surface area contributed by atoms with Gasteiger partial charge in [0, 0.05) is 10.6 Å². The van der Waals surface area contributed by atoms with E-state index in [0.29, 0.717) is 15.7 Å². The lowest BCUT2D eigenvalue weighted by atomic mass is 10.2. The van der Waals surface area contributed by atoms with Gasteiger partial charge in [0.15, 0.2) is 0 Å². The zero-order valence-corrected chi connectivity index (χ0v) is 15.1. The molecule has 4 nitrogen and oxygen atoms in total. The topological polar surface area (TPSA) is 49.4 Å². The van der Waals surface area contributed by atoms with Crippen molar-refractivity contribution >= 4 is 58.2 Å². The zero-order chi connectivity index (χ0) is 17.3. The number of nitrogens with zero attached hydrogens (tertiary/aromatic N) is 1. The maximum atomic E-state index is 12.6. The van der Waals surface area contributed by atoms with Crippen molar-refractivity contribution in [2.45, 2.75) is 17.4 Å². The van der Waals surface area contributed by atoms with E-state index >= 15 is 0 Å². The molecule has 2 aromatic rings. The largest absolute Gasteiger partial charge is 0.373 e. The fraction of sp³-hybridized carbons (Fsp3) is 0.176. The number of thioether (sulfide) groups is 1. The normalized spacial score (nSPS) is 17.5. The standard InChI is InChI=1S/C17H14Cl2N2O2S/c1-24-12-4-2-3-10(7-12)20-15-9-16(22)21(17(15)23)11-5-6-13(18)14(19)8-11/h2-8,15,20H,9H2,1H3/t15-/m1/s1. The summed E-state index contributed by atoms with van der Waals surface area (Å²) in [5.41, 5.74) is 1.24. The Kier molecular flexibility index (Phi) is 5.04. The van der Waals surface area contributed by atoms with Crippen molar-refractivity contribution in [2.24, 2.45) is 0 Å². The number of carbonyl (C=O) groups is 2. The van der Waals surface area contributed by atoms with E-state index in [1.54, 1.807) is 23.9 Å². The first kappa shape index (κ1) is 17.1. The third-order valence-electron chi connectivity index (χ3n) is 3.72. The van der Waals surface area contributed by atoms with Gasteiger partial charge in [-0.05, 0) is 42.7 Å². The summed E-state index contributed by atoms with van der Waals surface area (Å²) in [7, 11) is 0. The van der Waals surface area contributed by atoms with Gasteiger partial charge in [-0.15, -0.1) is 11.8 Å². The van der Waals surface area contributed by atoms with Gasteiger partial charge in [0.1, 0.15) is 6.04 Å². The number of nitrogens with one attached hydrogen (secondary N) is 1. The molecule has 1 heterocycles. The molecule has 0 radical (unpaired) electrons. The van der Waals surface area contributed by atoms with Crippen LogP contribution in [-0.2, 0) is 9.59 Å². The SMILES string of the molecule is CSc1cccc(N[C@@H]2CC(=O)N(c3ccc(Cl)c(Cl)c3)C2=O)c1. The lowest BCUT2D eigenvalue weighted by Crippen LogP contribution is -2.34. The van der Waals surface area contributed by atoms with Gasteiger partial charge in [-0.25, -0.2) is 4.90 Å². The number of halogens is 2. The molecule has 1 aliphatic heterocycles. The molecule has 1 aliphatic rings. The van der Waals surface area contributed by atoms with E-state index in [4.69, 9.17) is 23.2 Å². The molecule has 0 unspecified atom stereocenters. The fourth-order valence-electron chi connectivity index (χ4n) is 2.55. The Balaban J connectivity index is 1.82. The zero-order valence-electron chi connectivity index (χ0n) is 12.8. The lowest BCUT2D eigenvalue weighted by molar-refractivity contribution is -0.121. The molecule has 24 heavy (non-hydrogen) atoms. The van der Waals surface area contributed by atoms with Crippen LogP contribution in [0.4, 0.5) is 11.4 Å². The minimum Gasteiger partial charge on any atom is -0.373 e. The summed E-state index contributed by atoms with van der Waals surface area (Å²) in [5.74, 6) is -0.565. The summed E-state index contributed by atoms with van der Waals surface area (Å²) < 4.78 is 0. The highest BCUT2D eigenvalue weighted by molar-refractivity contribution is 7.98. The van der Waals surface area contributed by atoms with E-state index in [1.165, 1.54) is 6.07 Å². The molecule has 2 aromatic carbocycles. The molecule has 1 saturated heterocycles. The summed E-state index contributed by atoms with van der Waals surface area (Å²) in [6, 6.07) is 11.8. The van der Waals surface area contributed by atoms with Gasteiger partial charge in [-0.1, -0.05) is 29.3 Å². The number of imide groups is 1. The van der Waals surface area contributed by atoms with Crippen LogP contribution in [0.5, 0.6) is 0 Å². The Hall–Kier alpha value is -1.69. The van der Waals surface area contributed by atoms with Crippen molar-refractivity contribution in [1.29, 1.82) is 0 Å². The number of hydrogen-bond donors (Lipinski definition) is 1. The molecule has 2 amide bonds. The molecule has 1 N–H and O–H groups in total. The molecule has 0 bridgehead atoms. The minimum atomic E-state index is -0.593. The van der Waals surface area contributed by atoms with Gasteiger partial charge in [0.05, 0.1) is 22.2 Å². The molecular formula is C17H14Cl2N2O2S. The summed E-state index contributed by atoms with van der Waals surface area (Å²) in [6.07, 6.45) is 2.08. The van der Waals surface area contributed by atoms with Crippen molar-refractivity contribution in [3.63, 3.8) is 0 Å². The molecule has 124 valence electrons. The van der Waals surface area contributed by atoms with Crippen LogP contribution in [0.25, 0.3) is 0 Å². The molecule has 0 aliphatic carbocycles. The van der Waals surface area contributed by atoms with Crippen LogP contribution in [0.1, 0.15) is 6.42 Å². The molecule has 3 rings (SSSR count). The van der Waals surface area contributed by atoms with Crippen LogP contribution in [0, 0.1) is 0 Å². The highest BCUT2D eigenvalue weighted by atomic mass is 35.5. The average Bonchev–Trinajstić information content (AvgIpc) is 2.84.